The predicted molar refractivity (Wildman–Crippen MR) is 80.6 cm³/mol. The van der Waals surface area contributed by atoms with Gasteiger partial charge in [0, 0.05) is 11.6 Å². The highest BCUT2D eigenvalue weighted by atomic mass is 127. The van der Waals surface area contributed by atoms with Gasteiger partial charge in [0.2, 0.25) is 0 Å². The van der Waals surface area contributed by atoms with Gasteiger partial charge in [0.15, 0.2) is 11.0 Å². The normalized spacial score (nSPS) is 10.7. The molecule has 3 heteroatoms. The van der Waals surface area contributed by atoms with Crippen molar-refractivity contribution < 1.29 is 4.42 Å². The van der Waals surface area contributed by atoms with Gasteiger partial charge in [-0.15, -0.1) is 0 Å². The van der Waals surface area contributed by atoms with Gasteiger partial charge < -0.3 is 4.42 Å². The number of fused-ring (bicyclic) bond motifs is 1. The van der Waals surface area contributed by atoms with Crippen molar-refractivity contribution in [1.29, 1.82) is 0 Å². The van der Waals surface area contributed by atoms with Crippen LogP contribution in [0.4, 0.5) is 0 Å². The average Bonchev–Trinajstić information content (AvgIpc) is 2.41. The van der Waals surface area contributed by atoms with Crippen LogP contribution in [0.1, 0.15) is 0 Å². The van der Waals surface area contributed by atoms with Crippen molar-refractivity contribution in [3.63, 3.8) is 0 Å². The molecule has 0 saturated heterocycles. The Morgan fingerprint density at radius 2 is 1.72 bits per heavy atom. The summed E-state index contributed by atoms with van der Waals surface area (Å²) < 4.78 is 6.80. The molecule has 0 spiro atoms. The molecule has 2 aromatic carbocycles. The summed E-state index contributed by atoms with van der Waals surface area (Å²) in [5, 5.41) is 0.626. The summed E-state index contributed by atoms with van der Waals surface area (Å²) in [5.41, 5.74) is 1.56. The molecule has 18 heavy (non-hydrogen) atoms. The van der Waals surface area contributed by atoms with Crippen LogP contribution in [0.25, 0.3) is 22.3 Å². The van der Waals surface area contributed by atoms with E-state index in [4.69, 9.17) is 4.42 Å². The van der Waals surface area contributed by atoms with Gasteiger partial charge in [0.25, 0.3) is 0 Å². The zero-order valence-corrected chi connectivity index (χ0v) is 11.5. The molecule has 0 fully saturated rings. The van der Waals surface area contributed by atoms with Crippen molar-refractivity contribution in [1.82, 2.24) is 0 Å². The highest BCUT2D eigenvalue weighted by molar-refractivity contribution is 14.1. The summed E-state index contributed by atoms with van der Waals surface area (Å²) in [6, 6.07) is 16.8. The standard InChI is InChI=1S/C15H9IO2/c16-12-8-4-7-11-13(17)9-14(18-15(11)12)10-5-2-1-3-6-10/h1-9H. The lowest BCUT2D eigenvalue weighted by Crippen LogP contribution is -2.00. The van der Waals surface area contributed by atoms with Crippen molar-refractivity contribution in [2.75, 3.05) is 0 Å². The molecule has 2 nitrogen and oxygen atoms in total. The molecule has 0 amide bonds. The maximum atomic E-state index is 12.1. The molecule has 0 aliphatic carbocycles. The second kappa shape index (κ2) is 4.57. The summed E-state index contributed by atoms with van der Waals surface area (Å²) in [5.74, 6) is 0.609. The number of para-hydroxylation sites is 1. The Labute approximate surface area is 117 Å². The molecule has 0 atom stereocenters. The average molecular weight is 348 g/mol. The minimum atomic E-state index is -0.00591. The molecule has 1 aromatic heterocycles. The Kier molecular flexibility index (Phi) is 2.91. The first-order valence-corrected chi connectivity index (χ1v) is 6.61. The highest BCUT2D eigenvalue weighted by Gasteiger charge is 2.08. The van der Waals surface area contributed by atoms with E-state index in [1.807, 2.05) is 42.5 Å². The molecule has 88 valence electrons. The highest BCUT2D eigenvalue weighted by Crippen LogP contribution is 2.24. The molecule has 0 N–H and O–H groups in total. The second-order valence-corrected chi connectivity index (χ2v) is 5.12. The van der Waals surface area contributed by atoms with E-state index in [0.717, 1.165) is 9.13 Å². The lowest BCUT2D eigenvalue weighted by atomic mass is 10.1. The lowest BCUT2D eigenvalue weighted by molar-refractivity contribution is 0.617. The number of hydrogen-bond donors (Lipinski definition) is 0. The third kappa shape index (κ3) is 1.95. The van der Waals surface area contributed by atoms with E-state index >= 15 is 0 Å². The molecule has 0 radical (unpaired) electrons. The minimum Gasteiger partial charge on any atom is -0.455 e. The van der Waals surface area contributed by atoms with Crippen LogP contribution < -0.4 is 5.43 Å². The molecular weight excluding hydrogens is 339 g/mol. The van der Waals surface area contributed by atoms with Crippen LogP contribution in [0.3, 0.4) is 0 Å². The lowest BCUT2D eigenvalue weighted by Gasteiger charge is -2.04. The molecule has 0 aliphatic rings. The van der Waals surface area contributed by atoms with E-state index in [0.29, 0.717) is 16.7 Å². The van der Waals surface area contributed by atoms with Crippen LogP contribution in [0.15, 0.2) is 63.8 Å². The van der Waals surface area contributed by atoms with Crippen LogP contribution in [0.5, 0.6) is 0 Å². The van der Waals surface area contributed by atoms with E-state index in [1.165, 1.54) is 0 Å². The summed E-state index contributed by atoms with van der Waals surface area (Å²) >= 11 is 2.18. The Bertz CT molecular complexity index is 760. The van der Waals surface area contributed by atoms with Crippen LogP contribution >= 0.6 is 22.6 Å². The third-order valence-corrected chi connectivity index (χ3v) is 3.61. The first-order valence-electron chi connectivity index (χ1n) is 5.53. The topological polar surface area (TPSA) is 30.2 Å². The number of rotatable bonds is 1. The third-order valence-electron chi connectivity index (χ3n) is 2.76. The SMILES string of the molecule is O=c1cc(-c2ccccc2)oc2c(I)cccc12. The van der Waals surface area contributed by atoms with Gasteiger partial charge in [-0.3, -0.25) is 4.79 Å². The van der Waals surface area contributed by atoms with Crippen molar-refractivity contribution in [2.24, 2.45) is 0 Å². The van der Waals surface area contributed by atoms with Crippen molar-refractivity contribution in [2.45, 2.75) is 0 Å². The van der Waals surface area contributed by atoms with Gasteiger partial charge in [0.1, 0.15) is 5.76 Å². The molecule has 3 aromatic rings. The van der Waals surface area contributed by atoms with Crippen molar-refractivity contribution in [3.05, 3.63) is 68.4 Å². The van der Waals surface area contributed by atoms with E-state index in [-0.39, 0.29) is 5.43 Å². The fourth-order valence-electron chi connectivity index (χ4n) is 1.89. The molecule has 3 rings (SSSR count). The Morgan fingerprint density at radius 1 is 0.944 bits per heavy atom. The minimum absolute atomic E-state index is 0.00591. The summed E-state index contributed by atoms with van der Waals surface area (Å²) in [7, 11) is 0. The Morgan fingerprint density at radius 3 is 2.50 bits per heavy atom. The second-order valence-electron chi connectivity index (χ2n) is 3.96. The van der Waals surface area contributed by atoms with Crippen molar-refractivity contribution in [3.8, 4) is 11.3 Å². The summed E-state index contributed by atoms with van der Waals surface area (Å²) in [6.07, 6.45) is 0. The fraction of sp³-hybridized carbons (Fsp3) is 0. The van der Waals surface area contributed by atoms with Gasteiger partial charge >= 0.3 is 0 Å². The van der Waals surface area contributed by atoms with Gasteiger partial charge in [-0.2, -0.15) is 0 Å². The monoisotopic (exact) mass is 348 g/mol. The van der Waals surface area contributed by atoms with Gasteiger partial charge in [-0.05, 0) is 34.7 Å². The predicted octanol–water partition coefficient (Wildman–Crippen LogP) is 4.06. The molecular formula is C15H9IO2. The Balaban J connectivity index is 2.34. The van der Waals surface area contributed by atoms with Crippen LogP contribution in [-0.2, 0) is 0 Å². The van der Waals surface area contributed by atoms with Gasteiger partial charge in [-0.25, -0.2) is 0 Å². The first-order chi connectivity index (χ1) is 8.75. The van der Waals surface area contributed by atoms with Crippen LogP contribution in [-0.4, -0.2) is 0 Å². The van der Waals surface area contributed by atoms with Crippen LogP contribution in [0, 0.1) is 3.57 Å². The largest absolute Gasteiger partial charge is 0.455 e. The van der Waals surface area contributed by atoms with Gasteiger partial charge in [0.05, 0.1) is 8.96 Å². The summed E-state index contributed by atoms with van der Waals surface area (Å²) in [6.45, 7) is 0. The molecule has 0 aliphatic heterocycles. The summed E-state index contributed by atoms with van der Waals surface area (Å²) in [4.78, 5) is 12.1. The quantitative estimate of drug-likeness (QED) is 0.621. The van der Waals surface area contributed by atoms with Crippen molar-refractivity contribution >= 4 is 33.6 Å². The Hall–Kier alpha value is -1.62. The molecule has 0 bridgehead atoms. The zero-order valence-electron chi connectivity index (χ0n) is 9.39. The molecule has 0 unspecified atom stereocenters. The van der Waals surface area contributed by atoms with Gasteiger partial charge in [-0.1, -0.05) is 36.4 Å². The van der Waals surface area contributed by atoms with Crippen LogP contribution in [0.2, 0.25) is 0 Å². The smallest absolute Gasteiger partial charge is 0.193 e. The maximum Gasteiger partial charge on any atom is 0.193 e. The fourth-order valence-corrected chi connectivity index (χ4v) is 2.50. The van der Waals surface area contributed by atoms with E-state index < -0.39 is 0 Å². The molecule has 0 saturated carbocycles. The number of hydrogen-bond acceptors (Lipinski definition) is 2. The first kappa shape index (κ1) is 11.5. The zero-order chi connectivity index (χ0) is 12.5. The number of benzene rings is 2. The molecule has 1 heterocycles. The van der Waals surface area contributed by atoms with E-state index in [1.54, 1.807) is 12.1 Å². The number of halogens is 1. The van der Waals surface area contributed by atoms with E-state index in [9.17, 15) is 4.79 Å². The van der Waals surface area contributed by atoms with E-state index in [2.05, 4.69) is 22.6 Å². The maximum absolute atomic E-state index is 12.1.